The molecule has 0 saturated carbocycles. The number of hydrogen-bond donors (Lipinski definition) is 0. The van der Waals surface area contributed by atoms with Crippen LogP contribution in [0.25, 0.3) is 0 Å². The zero-order chi connectivity index (χ0) is 17.1. The standard InChI is InChI=1S/C18H22N2O4/c1-2-24-18(23)13-7-6-10-19(12-13)15-11-16(21)20(17(15)22)14-8-4-3-5-9-14/h3-5,8-9,13,15H,2,6-7,10-12H2,1H3/t13-,15+/m0/s1. The van der Waals surface area contributed by atoms with Gasteiger partial charge in [0.15, 0.2) is 0 Å². The Morgan fingerprint density at radius 2 is 2.00 bits per heavy atom. The number of amides is 2. The van der Waals surface area contributed by atoms with Gasteiger partial charge in [0.05, 0.1) is 30.7 Å². The van der Waals surface area contributed by atoms with E-state index in [1.165, 1.54) is 4.90 Å². The molecule has 0 N–H and O–H groups in total. The number of anilines is 1. The molecule has 2 heterocycles. The highest BCUT2D eigenvalue weighted by Gasteiger charge is 2.44. The molecule has 2 fully saturated rings. The van der Waals surface area contributed by atoms with Gasteiger partial charge in [-0.05, 0) is 38.4 Å². The number of ether oxygens (including phenoxy) is 1. The maximum Gasteiger partial charge on any atom is 0.310 e. The summed E-state index contributed by atoms with van der Waals surface area (Å²) in [7, 11) is 0. The van der Waals surface area contributed by atoms with Crippen molar-refractivity contribution in [2.75, 3.05) is 24.6 Å². The number of nitrogens with zero attached hydrogens (tertiary/aromatic N) is 2. The van der Waals surface area contributed by atoms with Crippen LogP contribution in [0.4, 0.5) is 5.69 Å². The zero-order valence-electron chi connectivity index (χ0n) is 13.8. The number of esters is 1. The molecule has 0 spiro atoms. The van der Waals surface area contributed by atoms with Gasteiger partial charge in [-0.3, -0.25) is 19.3 Å². The Balaban J connectivity index is 1.72. The van der Waals surface area contributed by atoms with Crippen LogP contribution in [0.1, 0.15) is 26.2 Å². The molecule has 2 aliphatic heterocycles. The molecule has 2 saturated heterocycles. The van der Waals surface area contributed by atoms with E-state index in [2.05, 4.69) is 0 Å². The Kier molecular flexibility index (Phi) is 4.94. The minimum absolute atomic E-state index is 0.170. The van der Waals surface area contributed by atoms with Gasteiger partial charge in [-0.1, -0.05) is 18.2 Å². The van der Waals surface area contributed by atoms with E-state index in [4.69, 9.17) is 4.74 Å². The van der Waals surface area contributed by atoms with Crippen LogP contribution in [-0.2, 0) is 19.1 Å². The van der Waals surface area contributed by atoms with Gasteiger partial charge in [0.25, 0.3) is 5.91 Å². The maximum atomic E-state index is 12.8. The zero-order valence-corrected chi connectivity index (χ0v) is 13.8. The van der Waals surface area contributed by atoms with Crippen molar-refractivity contribution in [3.63, 3.8) is 0 Å². The maximum absolute atomic E-state index is 12.8. The molecule has 3 rings (SSSR count). The number of hydrogen-bond acceptors (Lipinski definition) is 5. The minimum Gasteiger partial charge on any atom is -0.466 e. The fourth-order valence-electron chi connectivity index (χ4n) is 3.49. The summed E-state index contributed by atoms with van der Waals surface area (Å²) in [5.41, 5.74) is 0.606. The third-order valence-corrected chi connectivity index (χ3v) is 4.65. The van der Waals surface area contributed by atoms with E-state index >= 15 is 0 Å². The molecule has 2 atom stereocenters. The summed E-state index contributed by atoms with van der Waals surface area (Å²) in [6.07, 6.45) is 1.77. The van der Waals surface area contributed by atoms with E-state index in [1.54, 1.807) is 31.2 Å². The van der Waals surface area contributed by atoms with Crippen molar-refractivity contribution in [3.8, 4) is 0 Å². The highest BCUT2D eigenvalue weighted by Crippen LogP contribution is 2.28. The lowest BCUT2D eigenvalue weighted by atomic mass is 9.96. The Morgan fingerprint density at radius 1 is 1.25 bits per heavy atom. The van der Waals surface area contributed by atoms with Crippen molar-refractivity contribution in [1.82, 2.24) is 4.90 Å². The van der Waals surface area contributed by atoms with E-state index in [9.17, 15) is 14.4 Å². The summed E-state index contributed by atoms with van der Waals surface area (Å²) in [5.74, 6) is -0.809. The summed E-state index contributed by atoms with van der Waals surface area (Å²) < 4.78 is 5.10. The Labute approximate surface area is 141 Å². The number of carbonyl (C=O) groups is 3. The summed E-state index contributed by atoms with van der Waals surface area (Å²) in [5, 5.41) is 0. The Bertz CT molecular complexity index is 631. The van der Waals surface area contributed by atoms with E-state index in [0.29, 0.717) is 18.8 Å². The molecule has 1 aromatic carbocycles. The normalized spacial score (nSPS) is 25.1. The molecule has 1 aromatic rings. The number of benzene rings is 1. The smallest absolute Gasteiger partial charge is 0.310 e. The summed E-state index contributed by atoms with van der Waals surface area (Å²) in [6, 6.07) is 8.50. The van der Waals surface area contributed by atoms with Crippen molar-refractivity contribution in [3.05, 3.63) is 30.3 Å². The molecule has 6 heteroatoms. The minimum atomic E-state index is -0.477. The molecule has 0 radical (unpaired) electrons. The van der Waals surface area contributed by atoms with Gasteiger partial charge in [-0.25, -0.2) is 4.90 Å². The summed E-state index contributed by atoms with van der Waals surface area (Å²) in [4.78, 5) is 40.3. The van der Waals surface area contributed by atoms with E-state index < -0.39 is 6.04 Å². The summed E-state index contributed by atoms with van der Waals surface area (Å²) in [6.45, 7) is 3.35. The Morgan fingerprint density at radius 3 is 2.71 bits per heavy atom. The molecule has 24 heavy (non-hydrogen) atoms. The van der Waals surface area contributed by atoms with Gasteiger partial charge in [-0.15, -0.1) is 0 Å². The van der Waals surface area contributed by atoms with Crippen LogP contribution >= 0.6 is 0 Å². The predicted octanol–water partition coefficient (Wildman–Crippen LogP) is 1.59. The van der Waals surface area contributed by atoms with E-state index in [-0.39, 0.29) is 30.1 Å². The predicted molar refractivity (Wildman–Crippen MR) is 88.3 cm³/mol. The van der Waals surface area contributed by atoms with Gasteiger partial charge in [0.2, 0.25) is 5.91 Å². The first kappa shape index (κ1) is 16.6. The first-order chi connectivity index (χ1) is 11.6. The number of imide groups is 1. The topological polar surface area (TPSA) is 66.9 Å². The first-order valence-corrected chi connectivity index (χ1v) is 8.44. The fraction of sp³-hybridized carbons (Fsp3) is 0.500. The molecule has 0 aromatic heterocycles. The molecule has 2 amide bonds. The average molecular weight is 330 g/mol. The van der Waals surface area contributed by atoms with Crippen LogP contribution in [0, 0.1) is 5.92 Å². The SMILES string of the molecule is CCOC(=O)[C@H]1CCCN([C@@H]2CC(=O)N(c3ccccc3)C2=O)C1. The van der Waals surface area contributed by atoms with Gasteiger partial charge >= 0.3 is 5.97 Å². The lowest BCUT2D eigenvalue weighted by molar-refractivity contribution is -0.150. The van der Waals surface area contributed by atoms with Crippen LogP contribution in [0.2, 0.25) is 0 Å². The number of para-hydroxylation sites is 1. The van der Waals surface area contributed by atoms with Gasteiger partial charge in [0.1, 0.15) is 0 Å². The largest absolute Gasteiger partial charge is 0.466 e. The van der Waals surface area contributed by atoms with Crippen LogP contribution < -0.4 is 4.90 Å². The lowest BCUT2D eigenvalue weighted by Crippen LogP contribution is -2.48. The van der Waals surface area contributed by atoms with Crippen LogP contribution in [0.5, 0.6) is 0 Å². The van der Waals surface area contributed by atoms with Crippen molar-refractivity contribution < 1.29 is 19.1 Å². The number of piperidine rings is 1. The van der Waals surface area contributed by atoms with E-state index in [1.807, 2.05) is 11.0 Å². The second-order valence-corrected chi connectivity index (χ2v) is 6.21. The molecule has 0 bridgehead atoms. The van der Waals surface area contributed by atoms with Crippen LogP contribution in [0.3, 0.4) is 0 Å². The number of rotatable bonds is 4. The van der Waals surface area contributed by atoms with Crippen molar-refractivity contribution in [2.45, 2.75) is 32.2 Å². The molecular weight excluding hydrogens is 308 g/mol. The van der Waals surface area contributed by atoms with Crippen molar-refractivity contribution in [2.24, 2.45) is 5.92 Å². The lowest BCUT2D eigenvalue weighted by Gasteiger charge is -2.34. The third kappa shape index (κ3) is 3.19. The molecule has 2 aliphatic rings. The fourth-order valence-corrected chi connectivity index (χ4v) is 3.49. The highest BCUT2D eigenvalue weighted by atomic mass is 16.5. The second-order valence-electron chi connectivity index (χ2n) is 6.21. The number of likely N-dealkylation sites (tertiary alicyclic amines) is 1. The first-order valence-electron chi connectivity index (χ1n) is 8.44. The summed E-state index contributed by atoms with van der Waals surface area (Å²) >= 11 is 0. The quantitative estimate of drug-likeness (QED) is 0.619. The molecule has 0 aliphatic carbocycles. The average Bonchev–Trinajstić information content (AvgIpc) is 2.90. The van der Waals surface area contributed by atoms with Gasteiger partial charge in [-0.2, -0.15) is 0 Å². The Hall–Kier alpha value is -2.21. The van der Waals surface area contributed by atoms with Crippen molar-refractivity contribution in [1.29, 1.82) is 0 Å². The van der Waals surface area contributed by atoms with E-state index in [0.717, 1.165) is 19.4 Å². The van der Waals surface area contributed by atoms with Crippen LogP contribution in [-0.4, -0.2) is 48.4 Å². The van der Waals surface area contributed by atoms with Crippen molar-refractivity contribution >= 4 is 23.5 Å². The van der Waals surface area contributed by atoms with Crippen LogP contribution in [0.15, 0.2) is 30.3 Å². The number of carbonyl (C=O) groups excluding carboxylic acids is 3. The van der Waals surface area contributed by atoms with Gasteiger partial charge in [0, 0.05) is 6.54 Å². The molecule has 128 valence electrons. The second kappa shape index (κ2) is 7.13. The molecular formula is C18H22N2O4. The van der Waals surface area contributed by atoms with Gasteiger partial charge < -0.3 is 4.74 Å². The molecule has 6 nitrogen and oxygen atoms in total. The highest BCUT2D eigenvalue weighted by molar-refractivity contribution is 6.22. The third-order valence-electron chi connectivity index (χ3n) is 4.65. The molecule has 0 unspecified atom stereocenters. The monoisotopic (exact) mass is 330 g/mol.